The van der Waals surface area contributed by atoms with Gasteiger partial charge in [-0.15, -0.1) is 0 Å². The van der Waals surface area contributed by atoms with E-state index in [9.17, 15) is 9.59 Å². The van der Waals surface area contributed by atoms with E-state index in [1.54, 1.807) is 18.2 Å². The Labute approximate surface area is 168 Å². The maximum Gasteiger partial charge on any atom is 0.252 e. The number of amides is 2. The Hall–Kier alpha value is -2.24. The summed E-state index contributed by atoms with van der Waals surface area (Å²) in [6.45, 7) is 6.16. The minimum absolute atomic E-state index is 0.0195. The predicted octanol–water partition coefficient (Wildman–Crippen LogP) is 3.50. The van der Waals surface area contributed by atoms with Crippen molar-refractivity contribution in [2.45, 2.75) is 58.5 Å². The number of carbonyl (C=O) groups is 2. The highest BCUT2D eigenvalue weighted by Crippen LogP contribution is 2.27. The summed E-state index contributed by atoms with van der Waals surface area (Å²) < 4.78 is 10.5. The van der Waals surface area contributed by atoms with E-state index in [0.717, 1.165) is 31.6 Å². The number of hydrogen-bond acceptors (Lipinski definition) is 4. The summed E-state index contributed by atoms with van der Waals surface area (Å²) in [4.78, 5) is 27.8. The second-order valence-electron chi connectivity index (χ2n) is 8.16. The van der Waals surface area contributed by atoms with Crippen molar-refractivity contribution in [3.8, 4) is 11.5 Å². The van der Waals surface area contributed by atoms with Crippen molar-refractivity contribution < 1.29 is 19.1 Å². The van der Waals surface area contributed by atoms with Gasteiger partial charge in [0.1, 0.15) is 17.5 Å². The molecule has 1 aliphatic carbocycles. The van der Waals surface area contributed by atoms with Crippen LogP contribution in [0.5, 0.6) is 11.5 Å². The highest BCUT2D eigenvalue weighted by molar-refractivity contribution is 5.98. The fourth-order valence-electron chi connectivity index (χ4n) is 3.71. The molecule has 0 aromatic heterocycles. The minimum Gasteiger partial charge on any atom is -0.497 e. The first kappa shape index (κ1) is 22.1. The number of likely N-dealkylation sites (N-methyl/N-ethyl adjacent to an activating group) is 1. The molecule has 1 N–H and O–H groups in total. The van der Waals surface area contributed by atoms with E-state index in [0.29, 0.717) is 17.1 Å². The summed E-state index contributed by atoms with van der Waals surface area (Å²) in [5, 5.41) is 2.92. The average molecular weight is 391 g/mol. The molecule has 1 unspecified atom stereocenters. The quantitative estimate of drug-likeness (QED) is 0.774. The lowest BCUT2D eigenvalue weighted by Gasteiger charge is -2.36. The Kier molecular flexibility index (Phi) is 7.72. The van der Waals surface area contributed by atoms with Crippen molar-refractivity contribution in [1.82, 2.24) is 10.2 Å². The van der Waals surface area contributed by atoms with Crippen molar-refractivity contribution in [3.05, 3.63) is 23.8 Å². The molecule has 2 rings (SSSR count). The van der Waals surface area contributed by atoms with Crippen LogP contribution in [0.25, 0.3) is 0 Å². The molecule has 1 aliphatic rings. The van der Waals surface area contributed by atoms with E-state index < -0.39 is 6.04 Å². The molecule has 6 heteroatoms. The van der Waals surface area contributed by atoms with Crippen LogP contribution in [0, 0.1) is 11.8 Å². The van der Waals surface area contributed by atoms with E-state index in [1.165, 1.54) is 14.2 Å². The van der Waals surface area contributed by atoms with E-state index >= 15 is 0 Å². The number of carbonyl (C=O) groups excluding carboxylic acids is 2. The van der Waals surface area contributed by atoms with Crippen molar-refractivity contribution in [3.63, 3.8) is 0 Å². The van der Waals surface area contributed by atoms with Gasteiger partial charge in [0.05, 0.1) is 14.2 Å². The van der Waals surface area contributed by atoms with Crippen molar-refractivity contribution >= 4 is 11.8 Å². The number of methoxy groups -OCH3 is 2. The summed E-state index contributed by atoms with van der Waals surface area (Å²) in [5.74, 6) is 1.43. The number of hydrogen-bond donors (Lipinski definition) is 1. The summed E-state index contributed by atoms with van der Waals surface area (Å²) in [6.07, 6.45) is 4.33. The van der Waals surface area contributed by atoms with Gasteiger partial charge in [0, 0.05) is 24.7 Å². The third kappa shape index (κ3) is 5.40. The van der Waals surface area contributed by atoms with Gasteiger partial charge in [0.25, 0.3) is 5.91 Å². The first-order chi connectivity index (χ1) is 13.3. The first-order valence-electron chi connectivity index (χ1n) is 10.1. The third-order valence-electron chi connectivity index (χ3n) is 5.71. The van der Waals surface area contributed by atoms with Gasteiger partial charge in [-0.3, -0.25) is 9.59 Å². The van der Waals surface area contributed by atoms with Crippen LogP contribution in [-0.2, 0) is 4.79 Å². The Morgan fingerprint density at radius 1 is 1.04 bits per heavy atom. The van der Waals surface area contributed by atoms with Crippen LogP contribution in [-0.4, -0.2) is 50.1 Å². The number of ether oxygens (including phenoxy) is 2. The number of benzene rings is 1. The van der Waals surface area contributed by atoms with Gasteiger partial charge in [0.2, 0.25) is 5.91 Å². The van der Waals surface area contributed by atoms with Gasteiger partial charge in [-0.25, -0.2) is 0 Å². The molecule has 2 amide bonds. The molecular weight excluding hydrogens is 356 g/mol. The summed E-state index contributed by atoms with van der Waals surface area (Å²) in [6, 6.07) is 4.67. The Morgan fingerprint density at radius 2 is 1.57 bits per heavy atom. The smallest absolute Gasteiger partial charge is 0.252 e. The SMILES string of the molecule is COc1cc(OC)cc(C(=O)NC(C(=O)N(C)C2CCC(C)CC2)C(C)C)c1. The van der Waals surface area contributed by atoms with E-state index in [4.69, 9.17) is 9.47 Å². The van der Waals surface area contributed by atoms with E-state index in [2.05, 4.69) is 12.2 Å². The fourth-order valence-corrected chi connectivity index (χ4v) is 3.71. The zero-order valence-corrected chi connectivity index (χ0v) is 18.0. The standard InChI is InChI=1S/C22H34N2O4/c1-14(2)20(22(26)24(4)17-9-7-15(3)8-10-17)23-21(25)16-11-18(27-5)13-19(12-16)28-6/h11-15,17,20H,7-10H2,1-6H3,(H,23,25). The summed E-state index contributed by atoms with van der Waals surface area (Å²) >= 11 is 0. The van der Waals surface area contributed by atoms with Crippen LogP contribution >= 0.6 is 0 Å². The molecule has 6 nitrogen and oxygen atoms in total. The lowest BCUT2D eigenvalue weighted by atomic mass is 9.86. The largest absolute Gasteiger partial charge is 0.497 e. The highest BCUT2D eigenvalue weighted by atomic mass is 16.5. The van der Waals surface area contributed by atoms with Crippen LogP contribution in [0.15, 0.2) is 18.2 Å². The number of nitrogens with zero attached hydrogens (tertiary/aromatic N) is 1. The molecule has 1 aromatic carbocycles. The molecule has 0 bridgehead atoms. The molecule has 0 heterocycles. The lowest BCUT2D eigenvalue weighted by Crippen LogP contribution is -2.53. The zero-order valence-electron chi connectivity index (χ0n) is 18.0. The lowest BCUT2D eigenvalue weighted by molar-refractivity contribution is -0.135. The van der Waals surface area contributed by atoms with Crippen LogP contribution in [0.3, 0.4) is 0 Å². The molecule has 156 valence electrons. The molecule has 1 aromatic rings. The van der Waals surface area contributed by atoms with Crippen molar-refractivity contribution in [2.75, 3.05) is 21.3 Å². The normalized spacial score (nSPS) is 20.4. The van der Waals surface area contributed by atoms with Crippen LogP contribution in [0.1, 0.15) is 56.8 Å². The maximum absolute atomic E-state index is 13.1. The van der Waals surface area contributed by atoms with Gasteiger partial charge < -0.3 is 19.7 Å². The van der Waals surface area contributed by atoms with Crippen molar-refractivity contribution in [1.29, 1.82) is 0 Å². The molecule has 0 radical (unpaired) electrons. The Balaban J connectivity index is 2.13. The topological polar surface area (TPSA) is 67.9 Å². The molecule has 1 fully saturated rings. The second-order valence-corrected chi connectivity index (χ2v) is 8.16. The van der Waals surface area contributed by atoms with Gasteiger partial charge in [0.15, 0.2) is 0 Å². The summed E-state index contributed by atoms with van der Waals surface area (Å²) in [5.41, 5.74) is 0.406. The first-order valence-corrected chi connectivity index (χ1v) is 10.1. The second kappa shape index (κ2) is 9.80. The molecule has 0 aliphatic heterocycles. The van der Waals surface area contributed by atoms with E-state index in [1.807, 2.05) is 25.8 Å². The third-order valence-corrected chi connectivity index (χ3v) is 5.71. The zero-order chi connectivity index (χ0) is 20.8. The Bertz CT molecular complexity index is 659. The van der Waals surface area contributed by atoms with Crippen LogP contribution in [0.2, 0.25) is 0 Å². The highest BCUT2D eigenvalue weighted by Gasteiger charge is 2.32. The van der Waals surface area contributed by atoms with Crippen LogP contribution < -0.4 is 14.8 Å². The molecule has 28 heavy (non-hydrogen) atoms. The number of nitrogens with one attached hydrogen (secondary N) is 1. The molecule has 0 spiro atoms. The van der Waals surface area contributed by atoms with Gasteiger partial charge in [-0.05, 0) is 49.7 Å². The monoisotopic (exact) mass is 390 g/mol. The molecule has 0 saturated heterocycles. The Morgan fingerprint density at radius 3 is 2.04 bits per heavy atom. The van der Waals surface area contributed by atoms with Gasteiger partial charge >= 0.3 is 0 Å². The molecular formula is C22H34N2O4. The van der Waals surface area contributed by atoms with Gasteiger partial charge in [-0.1, -0.05) is 20.8 Å². The summed E-state index contributed by atoms with van der Waals surface area (Å²) in [7, 11) is 4.94. The number of rotatable bonds is 7. The molecule has 1 saturated carbocycles. The minimum atomic E-state index is -0.575. The molecule has 1 atom stereocenters. The van der Waals surface area contributed by atoms with Gasteiger partial charge in [-0.2, -0.15) is 0 Å². The van der Waals surface area contributed by atoms with E-state index in [-0.39, 0.29) is 23.8 Å². The van der Waals surface area contributed by atoms with Crippen LogP contribution in [0.4, 0.5) is 0 Å². The fraction of sp³-hybridized carbons (Fsp3) is 0.636. The predicted molar refractivity (Wildman–Crippen MR) is 110 cm³/mol. The van der Waals surface area contributed by atoms with Crippen molar-refractivity contribution in [2.24, 2.45) is 11.8 Å². The average Bonchev–Trinajstić information content (AvgIpc) is 2.70. The maximum atomic E-state index is 13.1.